The molecule has 2 rings (SSSR count). The van der Waals surface area contributed by atoms with E-state index in [9.17, 15) is 0 Å². The van der Waals surface area contributed by atoms with E-state index in [1.54, 1.807) is 6.33 Å². The van der Waals surface area contributed by atoms with E-state index in [1.807, 2.05) is 0 Å². The molecule has 0 fully saturated rings. The first-order valence-electron chi connectivity index (χ1n) is 5.23. The highest BCUT2D eigenvalue weighted by Gasteiger charge is 2.19. The van der Waals surface area contributed by atoms with Gasteiger partial charge in [0.2, 0.25) is 0 Å². The summed E-state index contributed by atoms with van der Waals surface area (Å²) < 4.78 is 0. The minimum atomic E-state index is 0.113. The minimum Gasteiger partial charge on any atom is -0.395 e. The Balaban J connectivity index is 2.23. The van der Waals surface area contributed by atoms with E-state index >= 15 is 0 Å². The van der Waals surface area contributed by atoms with E-state index in [-0.39, 0.29) is 6.61 Å². The van der Waals surface area contributed by atoms with Crippen LogP contribution in [0.15, 0.2) is 6.33 Å². The molecule has 1 aromatic heterocycles. The lowest BCUT2D eigenvalue weighted by atomic mass is 9.98. The fraction of sp³-hybridized carbons (Fsp3) is 0.600. The summed E-state index contributed by atoms with van der Waals surface area (Å²) in [6.45, 7) is 3.79. The van der Waals surface area contributed by atoms with Crippen molar-refractivity contribution < 1.29 is 5.11 Å². The third-order valence-electron chi connectivity index (χ3n) is 2.52. The van der Waals surface area contributed by atoms with Crippen molar-refractivity contribution in [3.8, 4) is 0 Å². The molecule has 82 valence electrons. The summed E-state index contributed by atoms with van der Waals surface area (Å²) in [7, 11) is 0. The second-order valence-corrected chi connectivity index (χ2v) is 3.89. The second kappa shape index (κ2) is 4.44. The molecule has 0 saturated carbocycles. The summed E-state index contributed by atoms with van der Waals surface area (Å²) in [4.78, 5) is 8.39. The number of hydrogen-bond acceptors (Lipinski definition) is 5. The first kappa shape index (κ1) is 10.2. The van der Waals surface area contributed by atoms with Gasteiger partial charge >= 0.3 is 0 Å². The number of anilines is 2. The third kappa shape index (κ3) is 2.18. The maximum absolute atomic E-state index is 8.76. The lowest BCUT2D eigenvalue weighted by molar-refractivity contribution is 0.311. The summed E-state index contributed by atoms with van der Waals surface area (Å²) in [5, 5.41) is 15.1. The van der Waals surface area contributed by atoms with Crippen molar-refractivity contribution in [2.45, 2.75) is 13.3 Å². The maximum Gasteiger partial charge on any atom is 0.134 e. The first-order chi connectivity index (χ1) is 7.31. The van der Waals surface area contributed by atoms with Crippen LogP contribution in [0.5, 0.6) is 0 Å². The molecular weight excluding hydrogens is 192 g/mol. The van der Waals surface area contributed by atoms with Gasteiger partial charge in [-0.1, -0.05) is 6.92 Å². The molecule has 3 N–H and O–H groups in total. The Bertz CT molecular complexity index is 342. The minimum absolute atomic E-state index is 0.113. The molecule has 0 aliphatic carbocycles. The Morgan fingerprint density at radius 2 is 2.47 bits per heavy atom. The molecule has 0 saturated heterocycles. The molecule has 0 amide bonds. The topological polar surface area (TPSA) is 70.1 Å². The van der Waals surface area contributed by atoms with Gasteiger partial charge in [-0.2, -0.15) is 0 Å². The van der Waals surface area contributed by atoms with Crippen LogP contribution >= 0.6 is 0 Å². The Labute approximate surface area is 88.9 Å². The molecule has 1 aliphatic heterocycles. The van der Waals surface area contributed by atoms with Crippen LogP contribution < -0.4 is 10.6 Å². The van der Waals surface area contributed by atoms with Crippen molar-refractivity contribution in [3.05, 3.63) is 11.9 Å². The fourth-order valence-electron chi connectivity index (χ4n) is 1.78. The molecule has 2 heterocycles. The fourth-order valence-corrected chi connectivity index (χ4v) is 1.78. The largest absolute Gasteiger partial charge is 0.395 e. The van der Waals surface area contributed by atoms with Gasteiger partial charge < -0.3 is 15.7 Å². The van der Waals surface area contributed by atoms with Crippen molar-refractivity contribution in [1.82, 2.24) is 9.97 Å². The van der Waals surface area contributed by atoms with Crippen molar-refractivity contribution in [3.63, 3.8) is 0 Å². The van der Waals surface area contributed by atoms with Gasteiger partial charge in [-0.25, -0.2) is 9.97 Å². The van der Waals surface area contributed by atoms with Crippen molar-refractivity contribution in [2.75, 3.05) is 30.3 Å². The number of rotatable bonds is 3. The predicted molar refractivity (Wildman–Crippen MR) is 59.0 cm³/mol. The van der Waals surface area contributed by atoms with E-state index in [0.29, 0.717) is 12.5 Å². The molecule has 1 aromatic rings. The number of hydrogen-bond donors (Lipinski definition) is 3. The summed E-state index contributed by atoms with van der Waals surface area (Å²) in [5.41, 5.74) is 1.13. The van der Waals surface area contributed by atoms with Gasteiger partial charge in [-0.3, -0.25) is 0 Å². The van der Waals surface area contributed by atoms with Gasteiger partial charge in [0, 0.05) is 18.7 Å². The van der Waals surface area contributed by atoms with E-state index in [0.717, 1.165) is 30.2 Å². The standard InChI is InChI=1S/C10H16N4O/c1-7-4-8-9(11-2-3-15)13-6-14-10(8)12-5-7/h6-7,15H,2-5H2,1H3,(H2,11,12,13,14)/t7-/m0/s1. The molecule has 0 radical (unpaired) electrons. The SMILES string of the molecule is C[C@@H]1CNc2ncnc(NCCO)c2C1. The number of nitrogens with zero attached hydrogens (tertiary/aromatic N) is 2. The zero-order chi connectivity index (χ0) is 10.7. The van der Waals surface area contributed by atoms with Gasteiger partial charge in [0.15, 0.2) is 0 Å². The van der Waals surface area contributed by atoms with Crippen LogP contribution in [0.1, 0.15) is 12.5 Å². The Morgan fingerprint density at radius 3 is 3.27 bits per heavy atom. The highest BCUT2D eigenvalue weighted by molar-refractivity contribution is 5.58. The lowest BCUT2D eigenvalue weighted by Gasteiger charge is -2.23. The number of aliphatic hydroxyl groups is 1. The molecule has 15 heavy (non-hydrogen) atoms. The number of fused-ring (bicyclic) bond motifs is 1. The van der Waals surface area contributed by atoms with Gasteiger partial charge in [-0.05, 0) is 12.3 Å². The van der Waals surface area contributed by atoms with E-state index in [2.05, 4.69) is 27.5 Å². The van der Waals surface area contributed by atoms with Crippen molar-refractivity contribution in [2.24, 2.45) is 5.92 Å². The average Bonchev–Trinajstić information content (AvgIpc) is 2.26. The van der Waals surface area contributed by atoms with E-state index in [1.165, 1.54) is 0 Å². The Kier molecular flexibility index (Phi) is 3.01. The van der Waals surface area contributed by atoms with E-state index in [4.69, 9.17) is 5.11 Å². The van der Waals surface area contributed by atoms with Gasteiger partial charge in [0.25, 0.3) is 0 Å². The highest BCUT2D eigenvalue weighted by Crippen LogP contribution is 2.26. The summed E-state index contributed by atoms with van der Waals surface area (Å²) in [5.74, 6) is 2.36. The molecule has 0 bridgehead atoms. The molecule has 5 nitrogen and oxygen atoms in total. The van der Waals surface area contributed by atoms with Crippen LogP contribution in [0.4, 0.5) is 11.6 Å². The number of aliphatic hydroxyl groups excluding tert-OH is 1. The molecule has 0 spiro atoms. The van der Waals surface area contributed by atoms with Gasteiger partial charge in [0.1, 0.15) is 18.0 Å². The van der Waals surface area contributed by atoms with Gasteiger partial charge in [0.05, 0.1) is 6.61 Å². The molecular formula is C10H16N4O. The van der Waals surface area contributed by atoms with Crippen LogP contribution in [0.25, 0.3) is 0 Å². The zero-order valence-electron chi connectivity index (χ0n) is 8.82. The average molecular weight is 208 g/mol. The molecule has 1 aliphatic rings. The third-order valence-corrected chi connectivity index (χ3v) is 2.52. The number of aromatic nitrogens is 2. The molecule has 1 atom stereocenters. The first-order valence-corrected chi connectivity index (χ1v) is 5.23. The smallest absolute Gasteiger partial charge is 0.134 e. The zero-order valence-corrected chi connectivity index (χ0v) is 8.82. The lowest BCUT2D eigenvalue weighted by Crippen LogP contribution is -2.23. The monoisotopic (exact) mass is 208 g/mol. The molecule has 0 unspecified atom stereocenters. The van der Waals surface area contributed by atoms with Crippen LogP contribution in [0.2, 0.25) is 0 Å². The highest BCUT2D eigenvalue weighted by atomic mass is 16.3. The summed E-state index contributed by atoms with van der Waals surface area (Å²) in [6, 6.07) is 0. The van der Waals surface area contributed by atoms with Crippen LogP contribution in [-0.4, -0.2) is 34.8 Å². The van der Waals surface area contributed by atoms with Gasteiger partial charge in [-0.15, -0.1) is 0 Å². The van der Waals surface area contributed by atoms with Crippen molar-refractivity contribution in [1.29, 1.82) is 0 Å². The quantitative estimate of drug-likeness (QED) is 0.674. The summed E-state index contributed by atoms with van der Waals surface area (Å²) in [6.07, 6.45) is 2.53. The molecule has 0 aromatic carbocycles. The number of nitrogens with one attached hydrogen (secondary N) is 2. The Morgan fingerprint density at radius 1 is 1.60 bits per heavy atom. The predicted octanol–water partition coefficient (Wildman–Crippen LogP) is 0.485. The normalized spacial score (nSPS) is 19.2. The van der Waals surface area contributed by atoms with E-state index < -0.39 is 0 Å². The second-order valence-electron chi connectivity index (χ2n) is 3.89. The maximum atomic E-state index is 8.76. The van der Waals surface area contributed by atoms with Crippen molar-refractivity contribution >= 4 is 11.6 Å². The van der Waals surface area contributed by atoms with Crippen LogP contribution in [0, 0.1) is 5.92 Å². The van der Waals surface area contributed by atoms with Crippen LogP contribution in [0.3, 0.4) is 0 Å². The van der Waals surface area contributed by atoms with Crippen LogP contribution in [-0.2, 0) is 6.42 Å². The summed E-state index contributed by atoms with van der Waals surface area (Å²) >= 11 is 0. The molecule has 5 heteroatoms. The Hall–Kier alpha value is -1.36.